The summed E-state index contributed by atoms with van der Waals surface area (Å²) in [6.07, 6.45) is 17.5. The van der Waals surface area contributed by atoms with Crippen molar-refractivity contribution in [1.82, 2.24) is 17.5 Å². The number of rotatable bonds is 26. The summed E-state index contributed by atoms with van der Waals surface area (Å²) in [6.45, 7) is 9.43. The number of hydrogen-bond acceptors (Lipinski definition) is 7. The van der Waals surface area contributed by atoms with Crippen molar-refractivity contribution in [2.24, 2.45) is 0 Å². The van der Waals surface area contributed by atoms with Crippen molar-refractivity contribution >= 4 is 45.5 Å². The van der Waals surface area contributed by atoms with Crippen molar-refractivity contribution in [3.8, 4) is 61.4 Å². The van der Waals surface area contributed by atoms with Crippen molar-refractivity contribution in [3.63, 3.8) is 0 Å². The molecule has 1 unspecified atom stereocenters. The Hall–Kier alpha value is -5.38. The number of fused-ring (bicyclic) bond motifs is 5. The second-order valence-corrected chi connectivity index (χ2v) is 21.3. The molecule has 0 saturated heterocycles. The van der Waals surface area contributed by atoms with Gasteiger partial charge in [0.25, 0.3) is 0 Å². The number of aromatic nitrogens is 4. The number of unbranched alkanes of at least 4 members (excludes halogenated alkanes) is 13. The van der Waals surface area contributed by atoms with Crippen molar-refractivity contribution in [1.29, 1.82) is 0 Å². The first-order valence-electron chi connectivity index (χ1n) is 26.7. The van der Waals surface area contributed by atoms with Gasteiger partial charge in [0.05, 0.1) is 30.1 Å². The molecule has 370 valence electrons. The van der Waals surface area contributed by atoms with Crippen LogP contribution >= 0.6 is 23.5 Å². The molecule has 0 bridgehead atoms. The largest absolute Gasteiger partial charge is 0.494 e. The highest BCUT2D eigenvalue weighted by Crippen LogP contribution is 2.58. The summed E-state index contributed by atoms with van der Waals surface area (Å²) in [4.78, 5) is 0. The van der Waals surface area contributed by atoms with Gasteiger partial charge in [0.2, 0.25) is 5.92 Å². The lowest BCUT2D eigenvalue weighted by Gasteiger charge is -2.36. The summed E-state index contributed by atoms with van der Waals surface area (Å²) in [5.41, 5.74) is 15.8. The van der Waals surface area contributed by atoms with Crippen LogP contribution in [-0.2, 0) is 5.41 Å². The third-order valence-corrected chi connectivity index (χ3v) is 16.1. The van der Waals surface area contributed by atoms with Crippen LogP contribution in [0.2, 0.25) is 0 Å². The Labute approximate surface area is 429 Å². The first kappa shape index (κ1) is 50.6. The Kier molecular flexibility index (Phi) is 16.7. The normalized spacial score (nSPS) is 14.4. The van der Waals surface area contributed by atoms with Crippen molar-refractivity contribution in [2.45, 2.75) is 161 Å². The maximum atomic E-state index is 17.1. The Bertz CT molecular complexity index is 3010. The fourth-order valence-electron chi connectivity index (χ4n) is 11.1. The molecular weight excluding hydrogens is 919 g/mol. The molecular formula is C62H70F2N4OS2. The molecule has 0 radical (unpaired) electrons. The lowest BCUT2D eigenvalue weighted by atomic mass is 9.69. The van der Waals surface area contributed by atoms with Crippen molar-refractivity contribution < 1.29 is 13.5 Å². The van der Waals surface area contributed by atoms with Gasteiger partial charge in [0.1, 0.15) is 27.8 Å². The average Bonchev–Trinajstić information content (AvgIpc) is 4.14. The smallest absolute Gasteiger partial charge is 0.249 e. The third kappa shape index (κ3) is 11.3. The van der Waals surface area contributed by atoms with Crippen LogP contribution in [-0.4, -0.2) is 30.0 Å². The molecule has 2 heterocycles. The van der Waals surface area contributed by atoms with E-state index in [9.17, 15) is 0 Å². The minimum absolute atomic E-state index is 0.111. The quantitative estimate of drug-likeness (QED) is 0.0506. The molecule has 0 N–H and O–H groups in total. The van der Waals surface area contributed by atoms with E-state index in [0.29, 0.717) is 12.8 Å². The van der Waals surface area contributed by atoms with E-state index in [0.717, 1.165) is 153 Å². The average molecular weight is 989 g/mol. The molecule has 0 amide bonds. The molecule has 1 aliphatic carbocycles. The minimum Gasteiger partial charge on any atom is -0.494 e. The molecule has 0 fully saturated rings. The van der Waals surface area contributed by atoms with Gasteiger partial charge >= 0.3 is 0 Å². The summed E-state index contributed by atoms with van der Waals surface area (Å²) in [7, 11) is 0. The van der Waals surface area contributed by atoms with E-state index in [-0.39, 0.29) is 12.8 Å². The van der Waals surface area contributed by atoms with Crippen LogP contribution in [0.3, 0.4) is 0 Å². The summed E-state index contributed by atoms with van der Waals surface area (Å²) in [6, 6.07) is 38.6. The molecule has 9 heteroatoms. The van der Waals surface area contributed by atoms with Gasteiger partial charge in [0.15, 0.2) is 0 Å². The summed E-state index contributed by atoms with van der Waals surface area (Å²) in [5, 5.41) is 0. The van der Waals surface area contributed by atoms with Crippen LogP contribution in [0.15, 0.2) is 109 Å². The Morgan fingerprint density at radius 1 is 0.451 bits per heavy atom. The fraction of sp³-hybridized carbons (Fsp3) is 0.419. The van der Waals surface area contributed by atoms with Gasteiger partial charge in [-0.15, -0.1) is 0 Å². The zero-order valence-electron chi connectivity index (χ0n) is 42.3. The van der Waals surface area contributed by atoms with Gasteiger partial charge in [-0.25, -0.2) is 8.78 Å². The predicted molar refractivity (Wildman–Crippen MR) is 296 cm³/mol. The number of alkyl halides is 2. The predicted octanol–water partition coefficient (Wildman–Crippen LogP) is 19.4. The van der Waals surface area contributed by atoms with Crippen LogP contribution in [0.25, 0.3) is 77.7 Å². The van der Waals surface area contributed by atoms with Gasteiger partial charge in [-0.1, -0.05) is 201 Å². The zero-order valence-corrected chi connectivity index (χ0v) is 43.9. The van der Waals surface area contributed by atoms with E-state index in [4.69, 9.17) is 22.2 Å². The van der Waals surface area contributed by atoms with Crippen LogP contribution in [0.5, 0.6) is 5.75 Å². The van der Waals surface area contributed by atoms with Crippen LogP contribution < -0.4 is 4.74 Å². The summed E-state index contributed by atoms with van der Waals surface area (Å²) < 4.78 is 59.9. The maximum Gasteiger partial charge on any atom is 0.249 e. The lowest BCUT2D eigenvalue weighted by Crippen LogP contribution is -2.34. The van der Waals surface area contributed by atoms with Gasteiger partial charge in [-0.2, -0.15) is 17.5 Å². The second kappa shape index (κ2) is 23.4. The SMILES string of the molecule is CCCCCCCCOc1ccc(-c2ccc(-c3ccc4c(c3)C(CCCCCCCC)(CC(F)(F)CCCCCC)c3cc(-c5ccc(-c6ccc(C)cc6)c6nsnc56)ccc3-4)c3nsnc23)cc1. The van der Waals surface area contributed by atoms with E-state index in [2.05, 4.69) is 137 Å². The van der Waals surface area contributed by atoms with E-state index in [1.807, 2.05) is 0 Å². The van der Waals surface area contributed by atoms with Crippen LogP contribution in [0.4, 0.5) is 8.78 Å². The molecule has 0 saturated carbocycles. The van der Waals surface area contributed by atoms with Crippen LogP contribution in [0.1, 0.15) is 159 Å². The maximum absolute atomic E-state index is 17.1. The number of aryl methyl sites for hydroxylation is 1. The van der Waals surface area contributed by atoms with Gasteiger partial charge in [-0.3, -0.25) is 0 Å². The molecule has 8 aromatic rings. The van der Waals surface area contributed by atoms with E-state index in [1.165, 1.54) is 74.0 Å². The highest BCUT2D eigenvalue weighted by Gasteiger charge is 2.49. The first-order valence-corrected chi connectivity index (χ1v) is 28.2. The molecule has 71 heavy (non-hydrogen) atoms. The van der Waals surface area contributed by atoms with Gasteiger partial charge in [-0.05, 0) is 95.0 Å². The van der Waals surface area contributed by atoms with Crippen molar-refractivity contribution in [3.05, 3.63) is 126 Å². The Morgan fingerprint density at radius 3 is 1.34 bits per heavy atom. The molecule has 1 aliphatic rings. The van der Waals surface area contributed by atoms with Gasteiger partial charge < -0.3 is 4.74 Å². The molecule has 5 nitrogen and oxygen atoms in total. The number of hydrogen-bond donors (Lipinski definition) is 0. The number of halogens is 2. The molecule has 9 rings (SSSR count). The van der Waals surface area contributed by atoms with E-state index < -0.39 is 11.3 Å². The summed E-state index contributed by atoms with van der Waals surface area (Å²) >= 11 is 2.43. The minimum atomic E-state index is -2.87. The summed E-state index contributed by atoms with van der Waals surface area (Å²) in [5.74, 6) is -2.00. The second-order valence-electron chi connectivity index (χ2n) is 20.2. The van der Waals surface area contributed by atoms with Gasteiger partial charge in [0, 0.05) is 40.5 Å². The van der Waals surface area contributed by atoms with E-state index >= 15 is 8.78 Å². The molecule has 6 aromatic carbocycles. The Balaban J connectivity index is 1.10. The van der Waals surface area contributed by atoms with E-state index in [1.54, 1.807) is 0 Å². The number of nitrogens with zero attached hydrogens (tertiary/aromatic N) is 4. The molecule has 0 spiro atoms. The molecule has 2 aromatic heterocycles. The molecule has 1 atom stereocenters. The molecule has 0 aliphatic heterocycles. The highest BCUT2D eigenvalue weighted by atomic mass is 32.1. The Morgan fingerprint density at radius 2 is 0.845 bits per heavy atom. The highest BCUT2D eigenvalue weighted by molar-refractivity contribution is 7.00. The van der Waals surface area contributed by atoms with Crippen LogP contribution in [0, 0.1) is 6.92 Å². The van der Waals surface area contributed by atoms with Crippen molar-refractivity contribution in [2.75, 3.05) is 6.61 Å². The number of ether oxygens (including phenoxy) is 1. The standard InChI is InChI=1S/C62H70F2N4OS2/c1-5-8-11-14-16-18-37-61(42-62(63,64)38-19-13-10-7-3)55-40-46(51-35-33-49(57-59(51)67-70-65-57)44-23-21-43(4)22-24-44)27-31-53(55)54-32-28-47(41-56(54)61)52-36-34-50(58-60(52)68-71-66-58)45-25-29-48(30-26-45)69-39-20-17-15-12-9-6-2/h21-36,40-41H,5-20,37-39,42H2,1-4H3. The monoisotopic (exact) mass is 988 g/mol. The third-order valence-electron chi connectivity index (χ3n) is 15.0. The zero-order chi connectivity index (χ0) is 49.2. The first-order chi connectivity index (χ1) is 34.7. The number of benzene rings is 6. The lowest BCUT2D eigenvalue weighted by molar-refractivity contribution is -0.0352. The topological polar surface area (TPSA) is 60.8 Å². The fourth-order valence-corrected chi connectivity index (χ4v) is 12.3.